The van der Waals surface area contributed by atoms with Crippen LogP contribution in [0.25, 0.3) is 0 Å². The summed E-state index contributed by atoms with van der Waals surface area (Å²) in [5.74, 6) is -1.04. The van der Waals surface area contributed by atoms with Crippen LogP contribution < -0.4 is 5.73 Å². The van der Waals surface area contributed by atoms with E-state index in [2.05, 4.69) is 4.99 Å². The number of hydrogen-bond acceptors (Lipinski definition) is 2. The fourth-order valence-corrected chi connectivity index (χ4v) is 2.41. The average Bonchev–Trinajstić information content (AvgIpc) is 2.38. The topological polar surface area (TPSA) is 79.2 Å². The maximum atomic E-state index is 14.5. The second kappa shape index (κ2) is 6.98. The SMILES string of the molecule is CC(C)c1cc(C#N)c(F)c(C(C)C)c1CC(=O)/N=C/N. The van der Waals surface area contributed by atoms with Gasteiger partial charge in [-0.1, -0.05) is 27.7 Å². The van der Waals surface area contributed by atoms with Crippen LogP contribution in [-0.4, -0.2) is 12.2 Å². The quantitative estimate of drug-likeness (QED) is 0.683. The summed E-state index contributed by atoms with van der Waals surface area (Å²) in [6.45, 7) is 7.56. The highest BCUT2D eigenvalue weighted by molar-refractivity contribution is 5.86. The third-order valence-electron chi connectivity index (χ3n) is 3.31. The number of benzene rings is 1. The highest BCUT2D eigenvalue weighted by atomic mass is 19.1. The molecule has 1 aromatic carbocycles. The Labute approximate surface area is 124 Å². The molecule has 0 aliphatic rings. The number of carbonyl (C=O) groups is 1. The van der Waals surface area contributed by atoms with Gasteiger partial charge in [0.05, 0.1) is 18.3 Å². The third kappa shape index (κ3) is 3.66. The molecule has 0 aliphatic carbocycles. The molecular formula is C16H20FN3O. The van der Waals surface area contributed by atoms with Crippen LogP contribution in [0.5, 0.6) is 0 Å². The van der Waals surface area contributed by atoms with Crippen molar-refractivity contribution in [3.05, 3.63) is 34.1 Å². The van der Waals surface area contributed by atoms with E-state index in [1.165, 1.54) is 6.07 Å². The summed E-state index contributed by atoms with van der Waals surface area (Å²) in [7, 11) is 0. The first-order valence-electron chi connectivity index (χ1n) is 6.85. The van der Waals surface area contributed by atoms with Gasteiger partial charge in [-0.05, 0) is 34.6 Å². The predicted octanol–water partition coefficient (Wildman–Crippen LogP) is 3.00. The summed E-state index contributed by atoms with van der Waals surface area (Å²) in [5, 5.41) is 9.09. The molecule has 21 heavy (non-hydrogen) atoms. The van der Waals surface area contributed by atoms with Crippen molar-refractivity contribution in [1.29, 1.82) is 5.26 Å². The lowest BCUT2D eigenvalue weighted by atomic mass is 9.84. The number of halogens is 1. The van der Waals surface area contributed by atoms with Gasteiger partial charge in [0.15, 0.2) is 0 Å². The first kappa shape index (κ1) is 16.8. The van der Waals surface area contributed by atoms with E-state index in [-0.39, 0.29) is 23.8 Å². The van der Waals surface area contributed by atoms with Crippen LogP contribution in [-0.2, 0) is 11.2 Å². The maximum Gasteiger partial charge on any atom is 0.251 e. The number of aliphatic imine (C=N–C) groups is 1. The molecule has 1 rings (SSSR count). The van der Waals surface area contributed by atoms with Gasteiger partial charge in [0.1, 0.15) is 11.9 Å². The first-order chi connectivity index (χ1) is 9.83. The highest BCUT2D eigenvalue weighted by Gasteiger charge is 2.23. The van der Waals surface area contributed by atoms with Crippen molar-refractivity contribution < 1.29 is 9.18 Å². The van der Waals surface area contributed by atoms with E-state index < -0.39 is 11.7 Å². The van der Waals surface area contributed by atoms with Crippen LogP contribution in [0.2, 0.25) is 0 Å². The molecule has 1 aromatic rings. The van der Waals surface area contributed by atoms with E-state index in [0.29, 0.717) is 11.1 Å². The van der Waals surface area contributed by atoms with Crippen molar-refractivity contribution in [2.75, 3.05) is 0 Å². The lowest BCUT2D eigenvalue weighted by Gasteiger charge is -2.20. The van der Waals surface area contributed by atoms with Gasteiger partial charge in [0, 0.05) is 0 Å². The van der Waals surface area contributed by atoms with Gasteiger partial charge < -0.3 is 5.73 Å². The summed E-state index contributed by atoms with van der Waals surface area (Å²) < 4.78 is 14.5. The molecule has 0 aromatic heterocycles. The molecule has 0 unspecified atom stereocenters. The van der Waals surface area contributed by atoms with Crippen molar-refractivity contribution in [2.24, 2.45) is 10.7 Å². The van der Waals surface area contributed by atoms with Crippen LogP contribution in [0.4, 0.5) is 4.39 Å². The molecule has 0 fully saturated rings. The van der Waals surface area contributed by atoms with Gasteiger partial charge in [-0.25, -0.2) is 9.38 Å². The number of hydrogen-bond donors (Lipinski definition) is 1. The molecule has 0 radical (unpaired) electrons. The summed E-state index contributed by atoms with van der Waals surface area (Å²) >= 11 is 0. The van der Waals surface area contributed by atoms with Gasteiger partial charge in [0.25, 0.3) is 5.91 Å². The van der Waals surface area contributed by atoms with Crippen molar-refractivity contribution >= 4 is 12.2 Å². The Morgan fingerprint density at radius 2 is 2.05 bits per heavy atom. The molecule has 4 nitrogen and oxygen atoms in total. The van der Waals surface area contributed by atoms with E-state index in [1.54, 1.807) is 0 Å². The predicted molar refractivity (Wildman–Crippen MR) is 80.7 cm³/mol. The standard InChI is InChI=1S/C16H20FN3O/c1-9(2)12-5-11(7-18)16(17)15(10(3)4)13(12)6-14(21)20-8-19/h5,8-10H,6H2,1-4H3,(H2,19,20,21). The molecule has 5 heteroatoms. The zero-order chi connectivity index (χ0) is 16.2. The fraction of sp³-hybridized carbons (Fsp3) is 0.438. The molecule has 0 atom stereocenters. The number of nitriles is 1. The smallest absolute Gasteiger partial charge is 0.251 e. The normalized spacial score (nSPS) is 11.3. The molecular weight excluding hydrogens is 269 g/mol. The Bertz CT molecular complexity index is 613. The molecule has 0 spiro atoms. The van der Waals surface area contributed by atoms with E-state index in [1.807, 2.05) is 33.8 Å². The molecule has 0 heterocycles. The minimum atomic E-state index is -0.545. The fourth-order valence-electron chi connectivity index (χ4n) is 2.41. The largest absolute Gasteiger partial charge is 0.390 e. The van der Waals surface area contributed by atoms with Crippen molar-refractivity contribution in [3.63, 3.8) is 0 Å². The summed E-state index contributed by atoms with van der Waals surface area (Å²) in [4.78, 5) is 15.3. The van der Waals surface area contributed by atoms with E-state index in [4.69, 9.17) is 11.0 Å². The minimum Gasteiger partial charge on any atom is -0.390 e. The van der Waals surface area contributed by atoms with Crippen LogP contribution >= 0.6 is 0 Å². The number of nitrogens with zero attached hydrogens (tertiary/aromatic N) is 2. The Kier molecular flexibility index (Phi) is 5.60. The molecule has 0 saturated heterocycles. The number of rotatable bonds is 4. The number of nitrogens with two attached hydrogens (primary N) is 1. The Morgan fingerprint density at radius 3 is 2.48 bits per heavy atom. The number of amides is 1. The number of carbonyl (C=O) groups excluding carboxylic acids is 1. The third-order valence-corrected chi connectivity index (χ3v) is 3.31. The second-order valence-corrected chi connectivity index (χ2v) is 5.49. The van der Waals surface area contributed by atoms with Crippen LogP contribution in [0, 0.1) is 17.1 Å². The molecule has 0 saturated carbocycles. The van der Waals surface area contributed by atoms with Crippen LogP contribution in [0.15, 0.2) is 11.1 Å². The highest BCUT2D eigenvalue weighted by Crippen LogP contribution is 2.32. The van der Waals surface area contributed by atoms with Crippen molar-refractivity contribution in [3.8, 4) is 6.07 Å². The maximum absolute atomic E-state index is 14.5. The molecule has 1 amide bonds. The first-order valence-corrected chi connectivity index (χ1v) is 6.85. The minimum absolute atomic E-state index is 0.0147. The van der Waals surface area contributed by atoms with Crippen molar-refractivity contribution in [1.82, 2.24) is 0 Å². The van der Waals surface area contributed by atoms with E-state index >= 15 is 0 Å². The molecule has 0 bridgehead atoms. The molecule has 112 valence electrons. The van der Waals surface area contributed by atoms with E-state index in [9.17, 15) is 9.18 Å². The van der Waals surface area contributed by atoms with Gasteiger partial charge >= 0.3 is 0 Å². The lowest BCUT2D eigenvalue weighted by Crippen LogP contribution is -2.13. The summed E-state index contributed by atoms with van der Waals surface area (Å²) in [6.07, 6.45) is 0.920. The lowest BCUT2D eigenvalue weighted by molar-refractivity contribution is -0.117. The summed E-state index contributed by atoms with van der Waals surface area (Å²) in [6, 6.07) is 3.41. The van der Waals surface area contributed by atoms with Gasteiger partial charge in [-0.3, -0.25) is 4.79 Å². The zero-order valence-corrected chi connectivity index (χ0v) is 12.8. The Morgan fingerprint density at radius 1 is 1.43 bits per heavy atom. The van der Waals surface area contributed by atoms with Crippen LogP contribution in [0.1, 0.15) is 61.8 Å². The monoisotopic (exact) mass is 289 g/mol. The Hall–Kier alpha value is -2.22. The van der Waals surface area contributed by atoms with Gasteiger partial charge in [0.2, 0.25) is 0 Å². The second-order valence-electron chi connectivity index (χ2n) is 5.49. The zero-order valence-electron chi connectivity index (χ0n) is 12.8. The molecule has 0 aliphatic heterocycles. The van der Waals surface area contributed by atoms with Gasteiger partial charge in [-0.15, -0.1) is 0 Å². The average molecular weight is 289 g/mol. The van der Waals surface area contributed by atoms with Crippen molar-refractivity contribution in [2.45, 2.75) is 46.0 Å². The van der Waals surface area contributed by atoms with Gasteiger partial charge in [-0.2, -0.15) is 5.26 Å². The van der Waals surface area contributed by atoms with E-state index in [0.717, 1.165) is 11.9 Å². The van der Waals surface area contributed by atoms with Crippen LogP contribution in [0.3, 0.4) is 0 Å². The Balaban J connectivity index is 3.60. The molecule has 2 N–H and O–H groups in total. The summed E-state index contributed by atoms with van der Waals surface area (Å²) in [5.41, 5.74) is 6.98.